The molecule has 2 aromatic rings. The Bertz CT molecular complexity index is 573. The molecule has 88 valence electrons. The Kier molecular flexibility index (Phi) is 3.16. The SMILES string of the molecule is CC(C)n1cc(CCN)c2cc(C#N)ccc21. The fraction of sp³-hybridized carbons (Fsp3) is 0.357. The maximum atomic E-state index is 8.95. The maximum Gasteiger partial charge on any atom is 0.0991 e. The molecule has 3 heteroatoms. The largest absolute Gasteiger partial charge is 0.345 e. The van der Waals surface area contributed by atoms with Crippen molar-refractivity contribution in [1.82, 2.24) is 4.57 Å². The van der Waals surface area contributed by atoms with Crippen LogP contribution in [-0.4, -0.2) is 11.1 Å². The average Bonchev–Trinajstić information content (AvgIpc) is 2.68. The standard InChI is InChI=1S/C14H17N3/c1-10(2)17-9-12(5-6-15)13-7-11(8-16)3-4-14(13)17/h3-4,7,9-10H,5-6,15H2,1-2H3. The van der Waals surface area contributed by atoms with Crippen molar-refractivity contribution in [3.8, 4) is 6.07 Å². The molecule has 0 radical (unpaired) electrons. The number of benzene rings is 1. The van der Waals surface area contributed by atoms with Crippen LogP contribution in [0.1, 0.15) is 31.0 Å². The molecule has 0 saturated heterocycles. The zero-order valence-electron chi connectivity index (χ0n) is 10.3. The summed E-state index contributed by atoms with van der Waals surface area (Å²) in [6.45, 7) is 4.95. The predicted molar refractivity (Wildman–Crippen MR) is 69.8 cm³/mol. The number of hydrogen-bond acceptors (Lipinski definition) is 2. The number of nitrogens with two attached hydrogens (primary N) is 1. The Morgan fingerprint density at radius 1 is 1.41 bits per heavy atom. The Labute approximate surface area is 101 Å². The first-order chi connectivity index (χ1) is 8.17. The Hall–Kier alpha value is -1.79. The van der Waals surface area contributed by atoms with E-state index in [1.165, 1.54) is 11.1 Å². The van der Waals surface area contributed by atoms with Crippen molar-refractivity contribution in [2.24, 2.45) is 5.73 Å². The van der Waals surface area contributed by atoms with Crippen LogP contribution in [0.5, 0.6) is 0 Å². The molecule has 0 aliphatic rings. The van der Waals surface area contributed by atoms with Crippen molar-refractivity contribution < 1.29 is 0 Å². The zero-order valence-corrected chi connectivity index (χ0v) is 10.3. The first-order valence-electron chi connectivity index (χ1n) is 5.91. The number of hydrogen-bond donors (Lipinski definition) is 1. The molecule has 0 amide bonds. The summed E-state index contributed by atoms with van der Waals surface area (Å²) < 4.78 is 2.24. The van der Waals surface area contributed by atoms with Crippen LogP contribution in [0.3, 0.4) is 0 Å². The molecular formula is C14H17N3. The lowest BCUT2D eigenvalue weighted by molar-refractivity contribution is 0.621. The summed E-state index contributed by atoms with van der Waals surface area (Å²) in [5.41, 5.74) is 8.75. The molecule has 2 rings (SSSR count). The third kappa shape index (κ3) is 2.04. The first-order valence-corrected chi connectivity index (χ1v) is 5.91. The van der Waals surface area contributed by atoms with Crippen LogP contribution in [0, 0.1) is 11.3 Å². The second-order valence-corrected chi connectivity index (χ2v) is 4.54. The summed E-state index contributed by atoms with van der Waals surface area (Å²) in [5.74, 6) is 0. The fourth-order valence-electron chi connectivity index (χ4n) is 2.18. The molecule has 0 fully saturated rings. The fourth-order valence-corrected chi connectivity index (χ4v) is 2.18. The summed E-state index contributed by atoms with van der Waals surface area (Å²) in [6, 6.07) is 8.45. The van der Waals surface area contributed by atoms with Gasteiger partial charge in [-0.05, 0) is 50.6 Å². The van der Waals surface area contributed by atoms with Gasteiger partial charge in [-0.3, -0.25) is 0 Å². The van der Waals surface area contributed by atoms with E-state index >= 15 is 0 Å². The molecule has 1 heterocycles. The Balaban J connectivity index is 2.68. The van der Waals surface area contributed by atoms with Crippen LogP contribution in [0.25, 0.3) is 10.9 Å². The quantitative estimate of drug-likeness (QED) is 0.876. The van der Waals surface area contributed by atoms with Gasteiger partial charge in [0.05, 0.1) is 11.6 Å². The van der Waals surface area contributed by atoms with Crippen molar-refractivity contribution in [2.45, 2.75) is 26.3 Å². The third-order valence-corrected chi connectivity index (χ3v) is 3.01. The van der Waals surface area contributed by atoms with Crippen molar-refractivity contribution in [3.63, 3.8) is 0 Å². The second kappa shape index (κ2) is 4.60. The van der Waals surface area contributed by atoms with Crippen molar-refractivity contribution in [3.05, 3.63) is 35.5 Å². The van der Waals surface area contributed by atoms with Crippen molar-refractivity contribution in [2.75, 3.05) is 6.54 Å². The number of fused-ring (bicyclic) bond motifs is 1. The summed E-state index contributed by atoms with van der Waals surface area (Å²) >= 11 is 0. The molecule has 0 saturated carbocycles. The monoisotopic (exact) mass is 227 g/mol. The van der Waals surface area contributed by atoms with E-state index in [2.05, 4.69) is 30.7 Å². The molecular weight excluding hydrogens is 210 g/mol. The van der Waals surface area contributed by atoms with Gasteiger partial charge in [0.15, 0.2) is 0 Å². The van der Waals surface area contributed by atoms with Crippen LogP contribution >= 0.6 is 0 Å². The number of aromatic nitrogens is 1. The summed E-state index contributed by atoms with van der Waals surface area (Å²) in [7, 11) is 0. The van der Waals surface area contributed by atoms with Gasteiger partial charge in [0, 0.05) is 23.1 Å². The van der Waals surface area contributed by atoms with E-state index in [9.17, 15) is 0 Å². The number of nitriles is 1. The van der Waals surface area contributed by atoms with Crippen LogP contribution in [-0.2, 0) is 6.42 Å². The summed E-state index contributed by atoms with van der Waals surface area (Å²) in [6.07, 6.45) is 3.01. The average molecular weight is 227 g/mol. The number of rotatable bonds is 3. The lowest BCUT2D eigenvalue weighted by Gasteiger charge is -2.08. The molecule has 17 heavy (non-hydrogen) atoms. The van der Waals surface area contributed by atoms with Crippen LogP contribution in [0.15, 0.2) is 24.4 Å². The molecule has 3 nitrogen and oxygen atoms in total. The van der Waals surface area contributed by atoms with E-state index in [0.29, 0.717) is 18.2 Å². The minimum atomic E-state index is 0.414. The highest BCUT2D eigenvalue weighted by molar-refractivity contribution is 5.85. The summed E-state index contributed by atoms with van der Waals surface area (Å²) in [5, 5.41) is 10.1. The molecule has 1 aromatic heterocycles. The van der Waals surface area contributed by atoms with E-state index in [1.807, 2.05) is 18.2 Å². The van der Waals surface area contributed by atoms with E-state index < -0.39 is 0 Å². The minimum Gasteiger partial charge on any atom is -0.345 e. The van der Waals surface area contributed by atoms with Crippen LogP contribution in [0.4, 0.5) is 0 Å². The smallest absolute Gasteiger partial charge is 0.0991 e. The zero-order chi connectivity index (χ0) is 12.4. The van der Waals surface area contributed by atoms with E-state index in [0.717, 1.165) is 11.8 Å². The highest BCUT2D eigenvalue weighted by Crippen LogP contribution is 2.26. The van der Waals surface area contributed by atoms with Gasteiger partial charge in [0.2, 0.25) is 0 Å². The predicted octanol–water partition coefficient (Wildman–Crippen LogP) is 2.60. The highest BCUT2D eigenvalue weighted by atomic mass is 15.0. The van der Waals surface area contributed by atoms with Gasteiger partial charge in [-0.25, -0.2) is 0 Å². The lowest BCUT2D eigenvalue weighted by Crippen LogP contribution is -2.02. The normalized spacial score (nSPS) is 11.0. The third-order valence-electron chi connectivity index (χ3n) is 3.01. The second-order valence-electron chi connectivity index (χ2n) is 4.54. The summed E-state index contributed by atoms with van der Waals surface area (Å²) in [4.78, 5) is 0. The van der Waals surface area contributed by atoms with E-state index in [-0.39, 0.29) is 0 Å². The molecule has 0 aliphatic heterocycles. The first kappa shape index (κ1) is 11.7. The van der Waals surface area contributed by atoms with Crippen molar-refractivity contribution in [1.29, 1.82) is 5.26 Å². The molecule has 0 atom stereocenters. The van der Waals surface area contributed by atoms with Gasteiger partial charge < -0.3 is 10.3 Å². The lowest BCUT2D eigenvalue weighted by atomic mass is 10.1. The Morgan fingerprint density at radius 2 is 2.18 bits per heavy atom. The minimum absolute atomic E-state index is 0.414. The van der Waals surface area contributed by atoms with Gasteiger partial charge in [-0.2, -0.15) is 5.26 Å². The Morgan fingerprint density at radius 3 is 2.76 bits per heavy atom. The number of nitrogens with zero attached hydrogens (tertiary/aromatic N) is 2. The molecule has 0 unspecified atom stereocenters. The van der Waals surface area contributed by atoms with Crippen molar-refractivity contribution >= 4 is 10.9 Å². The van der Waals surface area contributed by atoms with E-state index in [1.54, 1.807) is 0 Å². The topological polar surface area (TPSA) is 54.7 Å². The molecule has 2 N–H and O–H groups in total. The molecule has 1 aromatic carbocycles. The van der Waals surface area contributed by atoms with Crippen LogP contribution < -0.4 is 5.73 Å². The molecule has 0 spiro atoms. The maximum absolute atomic E-state index is 8.95. The van der Waals surface area contributed by atoms with Crippen LogP contribution in [0.2, 0.25) is 0 Å². The van der Waals surface area contributed by atoms with Gasteiger partial charge in [0.1, 0.15) is 0 Å². The molecule has 0 bridgehead atoms. The van der Waals surface area contributed by atoms with Gasteiger partial charge in [0.25, 0.3) is 0 Å². The molecule has 0 aliphatic carbocycles. The van der Waals surface area contributed by atoms with Gasteiger partial charge in [-0.15, -0.1) is 0 Å². The highest BCUT2D eigenvalue weighted by Gasteiger charge is 2.10. The van der Waals surface area contributed by atoms with Gasteiger partial charge >= 0.3 is 0 Å². The van der Waals surface area contributed by atoms with E-state index in [4.69, 9.17) is 11.0 Å². The van der Waals surface area contributed by atoms with Gasteiger partial charge in [-0.1, -0.05) is 0 Å².